The molecule has 1 amide bonds. The second-order valence-corrected chi connectivity index (χ2v) is 9.58. The van der Waals surface area contributed by atoms with Crippen LogP contribution in [0.2, 0.25) is 0 Å². The van der Waals surface area contributed by atoms with Crippen LogP contribution in [0.5, 0.6) is 0 Å². The van der Waals surface area contributed by atoms with Crippen molar-refractivity contribution in [1.82, 2.24) is 15.2 Å². The number of benzene rings is 1. The predicted molar refractivity (Wildman–Crippen MR) is 117 cm³/mol. The van der Waals surface area contributed by atoms with Crippen molar-refractivity contribution >= 4 is 17.2 Å². The van der Waals surface area contributed by atoms with Gasteiger partial charge in [0, 0.05) is 30.6 Å². The normalized spacial score (nSPS) is 25.4. The Balaban J connectivity index is 1.47. The summed E-state index contributed by atoms with van der Waals surface area (Å²) in [5, 5.41) is 6.03. The first-order chi connectivity index (χ1) is 14.1. The number of nitrogens with zero attached hydrogens (tertiary/aromatic N) is 2. The number of thiazole rings is 1. The molecule has 1 aromatic heterocycles. The van der Waals surface area contributed by atoms with Crippen LogP contribution in [0.3, 0.4) is 0 Å². The van der Waals surface area contributed by atoms with Gasteiger partial charge in [0.05, 0.1) is 12.6 Å². The highest BCUT2D eigenvalue weighted by atomic mass is 32.1. The molecule has 5 nitrogen and oxygen atoms in total. The summed E-state index contributed by atoms with van der Waals surface area (Å²) in [5.41, 5.74) is 1.29. The molecule has 0 bridgehead atoms. The number of aromatic nitrogens is 1. The van der Waals surface area contributed by atoms with E-state index in [0.29, 0.717) is 11.6 Å². The zero-order valence-corrected chi connectivity index (χ0v) is 18.2. The van der Waals surface area contributed by atoms with Gasteiger partial charge in [0.15, 0.2) is 0 Å². The molecule has 2 atom stereocenters. The van der Waals surface area contributed by atoms with Crippen LogP contribution in [-0.2, 0) is 4.74 Å². The van der Waals surface area contributed by atoms with Crippen LogP contribution in [0.25, 0.3) is 10.6 Å². The van der Waals surface area contributed by atoms with E-state index in [4.69, 9.17) is 4.74 Å². The van der Waals surface area contributed by atoms with E-state index in [1.807, 2.05) is 35.7 Å². The number of morpholine rings is 1. The van der Waals surface area contributed by atoms with Crippen molar-refractivity contribution in [3.8, 4) is 10.6 Å². The molecule has 2 aromatic rings. The van der Waals surface area contributed by atoms with E-state index in [0.717, 1.165) is 62.5 Å². The molecular formula is C23H31N3O2S. The van der Waals surface area contributed by atoms with Gasteiger partial charge in [-0.1, -0.05) is 57.0 Å². The molecule has 1 aliphatic heterocycles. The highest BCUT2D eigenvalue weighted by Gasteiger charge is 2.46. The minimum absolute atomic E-state index is 0.0422. The Morgan fingerprint density at radius 1 is 1.34 bits per heavy atom. The Kier molecular flexibility index (Phi) is 6.32. The van der Waals surface area contributed by atoms with Crippen molar-refractivity contribution in [2.75, 3.05) is 26.2 Å². The van der Waals surface area contributed by atoms with E-state index in [2.05, 4.69) is 29.0 Å². The fourth-order valence-corrected chi connectivity index (χ4v) is 5.46. The van der Waals surface area contributed by atoms with Gasteiger partial charge in [0.2, 0.25) is 0 Å². The third-order valence-electron chi connectivity index (χ3n) is 5.95. The second-order valence-electron chi connectivity index (χ2n) is 8.72. The number of rotatable bonds is 5. The summed E-state index contributed by atoms with van der Waals surface area (Å²) >= 11 is 1.52. The highest BCUT2D eigenvalue weighted by molar-refractivity contribution is 7.13. The zero-order chi connectivity index (χ0) is 20.3. The lowest BCUT2D eigenvalue weighted by Gasteiger charge is -2.50. The van der Waals surface area contributed by atoms with Gasteiger partial charge < -0.3 is 10.1 Å². The molecule has 0 unspecified atom stereocenters. The van der Waals surface area contributed by atoms with Crippen LogP contribution in [0.1, 0.15) is 50.0 Å². The molecule has 4 rings (SSSR count). The number of amides is 1. The number of hydrogen-bond donors (Lipinski definition) is 1. The molecule has 0 radical (unpaired) electrons. The third-order valence-corrected chi connectivity index (χ3v) is 6.84. The number of carbonyl (C=O) groups is 1. The topological polar surface area (TPSA) is 54.5 Å². The maximum atomic E-state index is 13.0. The van der Waals surface area contributed by atoms with Gasteiger partial charge in [-0.3, -0.25) is 9.69 Å². The Hall–Kier alpha value is -1.76. The first-order valence-electron chi connectivity index (χ1n) is 10.7. The van der Waals surface area contributed by atoms with Crippen molar-refractivity contribution in [2.24, 2.45) is 5.92 Å². The third kappa shape index (κ3) is 4.71. The van der Waals surface area contributed by atoms with Crippen LogP contribution in [0, 0.1) is 5.92 Å². The average Bonchev–Trinajstić information content (AvgIpc) is 3.21. The van der Waals surface area contributed by atoms with Crippen molar-refractivity contribution < 1.29 is 9.53 Å². The monoisotopic (exact) mass is 413 g/mol. The largest absolute Gasteiger partial charge is 0.370 e. The Morgan fingerprint density at radius 2 is 2.17 bits per heavy atom. The number of ether oxygens (including phenoxy) is 1. The van der Waals surface area contributed by atoms with Crippen molar-refractivity contribution in [3.05, 3.63) is 41.4 Å². The van der Waals surface area contributed by atoms with E-state index >= 15 is 0 Å². The summed E-state index contributed by atoms with van der Waals surface area (Å²) in [7, 11) is 0. The quantitative estimate of drug-likeness (QED) is 0.798. The van der Waals surface area contributed by atoms with Gasteiger partial charge >= 0.3 is 0 Å². The fourth-order valence-electron chi connectivity index (χ4n) is 4.65. The predicted octanol–water partition coefficient (Wildman–Crippen LogP) is 4.21. The van der Waals surface area contributed by atoms with Crippen molar-refractivity contribution in [1.29, 1.82) is 0 Å². The minimum Gasteiger partial charge on any atom is -0.370 e. The lowest BCUT2D eigenvalue weighted by atomic mass is 9.78. The van der Waals surface area contributed by atoms with Crippen LogP contribution in [0.4, 0.5) is 0 Å². The smallest absolute Gasteiger partial charge is 0.271 e. The minimum atomic E-state index is -0.265. The van der Waals surface area contributed by atoms with E-state index in [-0.39, 0.29) is 17.6 Å². The molecule has 29 heavy (non-hydrogen) atoms. The molecular weight excluding hydrogens is 382 g/mol. The lowest BCUT2D eigenvalue weighted by molar-refractivity contribution is -0.142. The molecule has 1 saturated heterocycles. The SMILES string of the molecule is CC(C)CN1CCO[C@@]2(CCCC[C@@H]2NC(=O)c2csc(-c3ccccc3)n2)C1. The maximum Gasteiger partial charge on any atom is 0.271 e. The lowest BCUT2D eigenvalue weighted by Crippen LogP contribution is -2.64. The molecule has 6 heteroatoms. The van der Waals surface area contributed by atoms with Crippen LogP contribution >= 0.6 is 11.3 Å². The first-order valence-corrected chi connectivity index (χ1v) is 11.6. The second kappa shape index (κ2) is 8.94. The van der Waals surface area contributed by atoms with Gasteiger partial charge in [-0.25, -0.2) is 4.98 Å². The molecule has 2 heterocycles. The van der Waals surface area contributed by atoms with Crippen molar-refractivity contribution in [2.45, 2.75) is 51.2 Å². The molecule has 1 aromatic carbocycles. The summed E-state index contributed by atoms with van der Waals surface area (Å²) in [6.07, 6.45) is 4.28. The van der Waals surface area contributed by atoms with E-state index < -0.39 is 0 Å². The molecule has 1 aliphatic carbocycles. The Morgan fingerprint density at radius 3 is 2.97 bits per heavy atom. The van der Waals surface area contributed by atoms with Gasteiger partial charge in [-0.2, -0.15) is 0 Å². The standard InChI is InChI=1S/C23H31N3O2S/c1-17(2)14-26-12-13-28-23(16-26)11-7-6-10-20(23)25-21(27)19-15-29-22(24-19)18-8-4-3-5-9-18/h3-5,8-9,15,17,20H,6-7,10-14,16H2,1-2H3,(H,25,27)/t20-,23-/m0/s1. The molecule has 1 N–H and O–H groups in total. The van der Waals surface area contributed by atoms with Gasteiger partial charge in [-0.05, 0) is 18.8 Å². The summed E-state index contributed by atoms with van der Waals surface area (Å²) in [6, 6.07) is 10.1. The molecule has 156 valence electrons. The number of nitrogens with one attached hydrogen (secondary N) is 1. The Bertz CT molecular complexity index is 819. The highest BCUT2D eigenvalue weighted by Crippen LogP contribution is 2.35. The Labute approximate surface area is 177 Å². The molecule has 2 aliphatic rings. The summed E-state index contributed by atoms with van der Waals surface area (Å²) in [5.74, 6) is 0.549. The molecule has 1 spiro atoms. The number of hydrogen-bond acceptors (Lipinski definition) is 5. The summed E-state index contributed by atoms with van der Waals surface area (Å²) in [6.45, 7) is 8.23. The van der Waals surface area contributed by atoms with Crippen LogP contribution in [-0.4, -0.2) is 53.7 Å². The summed E-state index contributed by atoms with van der Waals surface area (Å²) in [4.78, 5) is 20.1. The van der Waals surface area contributed by atoms with Crippen molar-refractivity contribution in [3.63, 3.8) is 0 Å². The van der Waals surface area contributed by atoms with E-state index in [1.165, 1.54) is 11.3 Å². The molecule has 2 fully saturated rings. The first kappa shape index (κ1) is 20.5. The number of carbonyl (C=O) groups excluding carboxylic acids is 1. The zero-order valence-electron chi connectivity index (χ0n) is 17.4. The van der Waals surface area contributed by atoms with Gasteiger partial charge in [0.25, 0.3) is 5.91 Å². The van der Waals surface area contributed by atoms with Crippen LogP contribution < -0.4 is 5.32 Å². The molecule has 1 saturated carbocycles. The summed E-state index contributed by atoms with van der Waals surface area (Å²) < 4.78 is 6.37. The van der Waals surface area contributed by atoms with Gasteiger partial charge in [0.1, 0.15) is 16.3 Å². The van der Waals surface area contributed by atoms with E-state index in [9.17, 15) is 4.79 Å². The maximum absolute atomic E-state index is 13.0. The van der Waals surface area contributed by atoms with Crippen LogP contribution in [0.15, 0.2) is 35.7 Å². The van der Waals surface area contributed by atoms with E-state index in [1.54, 1.807) is 0 Å². The average molecular weight is 414 g/mol. The van der Waals surface area contributed by atoms with Gasteiger partial charge in [-0.15, -0.1) is 11.3 Å². The fraction of sp³-hybridized carbons (Fsp3) is 0.565.